The fraction of sp³-hybridized carbons (Fsp3) is 0.250. The molecule has 0 radical (unpaired) electrons. The zero-order valence-corrected chi connectivity index (χ0v) is 6.17. The summed E-state index contributed by atoms with van der Waals surface area (Å²) in [5.41, 5.74) is 1.08. The van der Waals surface area contributed by atoms with Crippen LogP contribution in [-0.2, 0) is 0 Å². The summed E-state index contributed by atoms with van der Waals surface area (Å²) in [6.45, 7) is 6.17. The van der Waals surface area contributed by atoms with Crippen LogP contribution in [0.2, 0.25) is 0 Å². The van der Waals surface area contributed by atoms with Crippen molar-refractivity contribution in [2.45, 2.75) is 6.92 Å². The van der Waals surface area contributed by atoms with Gasteiger partial charge in [0.1, 0.15) is 0 Å². The number of rotatable bonds is 4. The molecule has 0 fully saturated rings. The molecule has 0 atom stereocenters. The lowest BCUT2D eigenvalue weighted by molar-refractivity contribution is 1.19. The third kappa shape index (κ3) is 3.78. The van der Waals surface area contributed by atoms with Crippen molar-refractivity contribution in [3.05, 3.63) is 24.3 Å². The number of allylic oxidation sites excluding steroid dienone is 1. The van der Waals surface area contributed by atoms with Crippen molar-refractivity contribution >= 4 is 12.4 Å². The molecule has 1 N–H and O–H groups in total. The van der Waals surface area contributed by atoms with Crippen LogP contribution in [0.3, 0.4) is 0 Å². The van der Waals surface area contributed by atoms with Gasteiger partial charge in [0.2, 0.25) is 0 Å². The van der Waals surface area contributed by atoms with Gasteiger partial charge in [0.05, 0.1) is 6.54 Å². The Bertz CT molecular complexity index is 166. The van der Waals surface area contributed by atoms with E-state index in [1.54, 1.807) is 6.08 Å². The van der Waals surface area contributed by atoms with Crippen LogP contribution in [0.25, 0.3) is 0 Å². The predicted molar refractivity (Wildman–Crippen MR) is 46.1 cm³/mol. The average molecular weight is 136 g/mol. The second-order valence-electron chi connectivity index (χ2n) is 1.72. The maximum atomic E-state index is 6.64. The highest BCUT2D eigenvalue weighted by molar-refractivity contribution is 6.14. The highest BCUT2D eigenvalue weighted by Gasteiger charge is 1.82. The first-order valence-electron chi connectivity index (χ1n) is 3.11. The predicted octanol–water partition coefficient (Wildman–Crippen LogP) is 1.84. The molecule has 0 aliphatic heterocycles. The zero-order valence-electron chi connectivity index (χ0n) is 6.17. The summed E-state index contributed by atoms with van der Waals surface area (Å²) in [4.78, 5) is 3.92. The third-order valence-electron chi connectivity index (χ3n) is 1.09. The van der Waals surface area contributed by atoms with Crippen molar-refractivity contribution in [2.75, 3.05) is 6.54 Å². The molecule has 2 nitrogen and oxygen atoms in total. The van der Waals surface area contributed by atoms with E-state index in [9.17, 15) is 0 Å². The number of hydrogen-bond acceptors (Lipinski definition) is 2. The van der Waals surface area contributed by atoms with E-state index in [1.165, 1.54) is 6.21 Å². The van der Waals surface area contributed by atoms with Crippen LogP contribution in [0, 0.1) is 5.41 Å². The summed E-state index contributed by atoms with van der Waals surface area (Å²) in [5.74, 6) is 0. The van der Waals surface area contributed by atoms with Crippen molar-refractivity contribution in [2.24, 2.45) is 4.99 Å². The lowest BCUT2D eigenvalue weighted by Gasteiger charge is -1.91. The Morgan fingerprint density at radius 2 is 2.40 bits per heavy atom. The smallest absolute Gasteiger partial charge is 0.0637 e. The Morgan fingerprint density at radius 3 is 2.80 bits per heavy atom. The second kappa shape index (κ2) is 5.95. The molecule has 0 unspecified atom stereocenters. The Labute approximate surface area is 61.5 Å². The van der Waals surface area contributed by atoms with E-state index >= 15 is 0 Å². The fourth-order valence-corrected chi connectivity index (χ4v) is 0.485. The molecule has 54 valence electrons. The van der Waals surface area contributed by atoms with Gasteiger partial charge in [-0.1, -0.05) is 18.7 Å². The average Bonchev–Trinajstić information content (AvgIpc) is 1.99. The van der Waals surface area contributed by atoms with Crippen LogP contribution in [0.5, 0.6) is 0 Å². The SMILES string of the molecule is C=C/C(=C/C)C/N=C\C=N. The van der Waals surface area contributed by atoms with Crippen LogP contribution >= 0.6 is 0 Å². The quantitative estimate of drug-likeness (QED) is 0.452. The molecule has 0 spiro atoms. The maximum absolute atomic E-state index is 6.64. The number of hydrogen-bond donors (Lipinski definition) is 1. The Morgan fingerprint density at radius 1 is 1.70 bits per heavy atom. The fourth-order valence-electron chi connectivity index (χ4n) is 0.485. The van der Waals surface area contributed by atoms with Gasteiger partial charge in [-0.3, -0.25) is 4.99 Å². The molecule has 0 amide bonds. The molecule has 0 saturated carbocycles. The number of nitrogens with zero attached hydrogens (tertiary/aromatic N) is 1. The summed E-state index contributed by atoms with van der Waals surface area (Å²) in [5, 5.41) is 6.64. The van der Waals surface area contributed by atoms with Crippen molar-refractivity contribution in [1.29, 1.82) is 5.41 Å². The summed E-state index contributed by atoms with van der Waals surface area (Å²) < 4.78 is 0. The van der Waals surface area contributed by atoms with E-state index in [0.717, 1.165) is 11.8 Å². The van der Waals surface area contributed by atoms with Gasteiger partial charge in [0.15, 0.2) is 0 Å². The monoisotopic (exact) mass is 136 g/mol. The molecule has 0 heterocycles. The zero-order chi connectivity index (χ0) is 7.82. The molecule has 0 aromatic heterocycles. The van der Waals surface area contributed by atoms with Gasteiger partial charge in [0, 0.05) is 12.4 Å². The first-order valence-corrected chi connectivity index (χ1v) is 3.11. The van der Waals surface area contributed by atoms with Crippen molar-refractivity contribution in [3.8, 4) is 0 Å². The first-order chi connectivity index (χ1) is 4.85. The molecule has 0 rings (SSSR count). The first kappa shape index (κ1) is 8.82. The van der Waals surface area contributed by atoms with Gasteiger partial charge in [-0.25, -0.2) is 0 Å². The van der Waals surface area contributed by atoms with E-state index in [2.05, 4.69) is 11.6 Å². The molecule has 0 aliphatic rings. The van der Waals surface area contributed by atoms with E-state index in [0.29, 0.717) is 6.54 Å². The van der Waals surface area contributed by atoms with Crippen molar-refractivity contribution < 1.29 is 0 Å². The van der Waals surface area contributed by atoms with Gasteiger partial charge >= 0.3 is 0 Å². The minimum absolute atomic E-state index is 0.620. The normalized spacial score (nSPS) is 11.9. The minimum atomic E-state index is 0.620. The molecule has 0 saturated heterocycles. The van der Waals surface area contributed by atoms with Crippen LogP contribution in [0.4, 0.5) is 0 Å². The largest absolute Gasteiger partial charge is 0.307 e. The Kier molecular flexibility index (Phi) is 5.25. The molecule has 10 heavy (non-hydrogen) atoms. The topological polar surface area (TPSA) is 36.2 Å². The lowest BCUT2D eigenvalue weighted by atomic mass is 10.2. The van der Waals surface area contributed by atoms with Gasteiger partial charge in [-0.2, -0.15) is 0 Å². The highest BCUT2D eigenvalue weighted by Crippen LogP contribution is 1.93. The van der Waals surface area contributed by atoms with Crippen molar-refractivity contribution in [1.82, 2.24) is 0 Å². The molecule has 2 heteroatoms. The van der Waals surface area contributed by atoms with Crippen molar-refractivity contribution in [3.63, 3.8) is 0 Å². The van der Waals surface area contributed by atoms with Gasteiger partial charge < -0.3 is 5.41 Å². The number of nitrogens with one attached hydrogen (secondary N) is 1. The van der Waals surface area contributed by atoms with Gasteiger partial charge in [-0.15, -0.1) is 0 Å². The third-order valence-corrected chi connectivity index (χ3v) is 1.09. The van der Waals surface area contributed by atoms with E-state index in [-0.39, 0.29) is 0 Å². The minimum Gasteiger partial charge on any atom is -0.307 e. The molecule has 0 bridgehead atoms. The summed E-state index contributed by atoms with van der Waals surface area (Å²) in [6.07, 6.45) is 6.35. The molecular weight excluding hydrogens is 124 g/mol. The molecule has 0 aromatic rings. The van der Waals surface area contributed by atoms with E-state index in [1.807, 2.05) is 13.0 Å². The van der Waals surface area contributed by atoms with Crippen LogP contribution in [-0.4, -0.2) is 19.0 Å². The standard InChI is InChI=1S/C8H12N2/c1-3-8(4-2)7-10-6-5-9/h3-6,9H,1,7H2,2H3/b8-4-,9-5?,10-6-. The van der Waals surface area contributed by atoms with Gasteiger partial charge in [-0.05, 0) is 12.5 Å². The van der Waals surface area contributed by atoms with Gasteiger partial charge in [0.25, 0.3) is 0 Å². The van der Waals surface area contributed by atoms with Crippen LogP contribution in [0.15, 0.2) is 29.3 Å². The van der Waals surface area contributed by atoms with E-state index < -0.39 is 0 Å². The summed E-state index contributed by atoms with van der Waals surface area (Å²) in [7, 11) is 0. The van der Waals surface area contributed by atoms with Crippen LogP contribution in [0.1, 0.15) is 6.92 Å². The van der Waals surface area contributed by atoms with Crippen LogP contribution < -0.4 is 0 Å². The molecule has 0 aliphatic carbocycles. The lowest BCUT2D eigenvalue weighted by Crippen LogP contribution is -1.84. The summed E-state index contributed by atoms with van der Waals surface area (Å²) in [6, 6.07) is 0. The maximum Gasteiger partial charge on any atom is 0.0637 e. The number of aliphatic imine (C=N–C) groups is 1. The Balaban J connectivity index is 3.76. The van der Waals surface area contributed by atoms with E-state index in [4.69, 9.17) is 5.41 Å². The molecule has 0 aromatic carbocycles. The molecular formula is C8H12N2. The highest BCUT2D eigenvalue weighted by atomic mass is 14.7. The Hall–Kier alpha value is -1.18. The second-order valence-corrected chi connectivity index (χ2v) is 1.72. The summed E-state index contributed by atoms with van der Waals surface area (Å²) >= 11 is 0.